The van der Waals surface area contributed by atoms with E-state index >= 15 is 0 Å². The maximum absolute atomic E-state index is 12.0. The fraction of sp³-hybridized carbons (Fsp3) is 0.438. The first kappa shape index (κ1) is 17.6. The van der Waals surface area contributed by atoms with Crippen molar-refractivity contribution in [2.45, 2.75) is 43.6 Å². The van der Waals surface area contributed by atoms with Crippen LogP contribution in [0.3, 0.4) is 0 Å². The molecule has 0 fully saturated rings. The van der Waals surface area contributed by atoms with Gasteiger partial charge in [0.2, 0.25) is 0 Å². The van der Waals surface area contributed by atoms with Crippen LogP contribution in [0.1, 0.15) is 32.6 Å². The van der Waals surface area contributed by atoms with Crippen molar-refractivity contribution < 1.29 is 18.3 Å². The van der Waals surface area contributed by atoms with Crippen molar-refractivity contribution in [1.82, 2.24) is 0 Å². The standard InChI is InChI=1S/C16H22O4S/c1-2-3-4-6-9-14(17)12-15(18)13-21(19,20)16-10-7-5-8-11-16/h3-5,7-8,10-11,14,17H,2,6,9,12-13H2,1H3/b4-3-. The Morgan fingerprint density at radius 3 is 2.52 bits per heavy atom. The smallest absolute Gasteiger partial charge is 0.185 e. The Labute approximate surface area is 126 Å². The highest BCUT2D eigenvalue weighted by molar-refractivity contribution is 7.92. The summed E-state index contributed by atoms with van der Waals surface area (Å²) in [4.78, 5) is 11.9. The summed E-state index contributed by atoms with van der Waals surface area (Å²) >= 11 is 0. The number of ketones is 1. The minimum Gasteiger partial charge on any atom is -0.393 e. The van der Waals surface area contributed by atoms with E-state index in [1.807, 2.05) is 19.1 Å². The van der Waals surface area contributed by atoms with Gasteiger partial charge in [0, 0.05) is 6.42 Å². The van der Waals surface area contributed by atoms with Gasteiger partial charge in [0.1, 0.15) is 5.75 Å². The Hall–Kier alpha value is -1.46. The Kier molecular flexibility index (Phi) is 7.32. The van der Waals surface area contributed by atoms with E-state index in [9.17, 15) is 18.3 Å². The Bertz CT molecular complexity index is 561. The number of hydrogen-bond acceptors (Lipinski definition) is 4. The second kappa shape index (κ2) is 8.74. The highest BCUT2D eigenvalue weighted by Gasteiger charge is 2.20. The van der Waals surface area contributed by atoms with Crippen LogP contribution in [0.15, 0.2) is 47.4 Å². The molecular formula is C16H22O4S. The van der Waals surface area contributed by atoms with Crippen molar-refractivity contribution in [3.05, 3.63) is 42.5 Å². The van der Waals surface area contributed by atoms with Crippen molar-refractivity contribution >= 4 is 15.6 Å². The number of rotatable bonds is 9. The maximum Gasteiger partial charge on any atom is 0.185 e. The van der Waals surface area contributed by atoms with Gasteiger partial charge in [-0.05, 0) is 31.4 Å². The third kappa shape index (κ3) is 6.69. The monoisotopic (exact) mass is 310 g/mol. The van der Waals surface area contributed by atoms with Crippen LogP contribution in [0.5, 0.6) is 0 Å². The van der Waals surface area contributed by atoms with Crippen LogP contribution in [-0.2, 0) is 14.6 Å². The number of carbonyl (C=O) groups is 1. The summed E-state index contributed by atoms with van der Waals surface area (Å²) in [5.74, 6) is -1.01. The van der Waals surface area contributed by atoms with Gasteiger partial charge in [0.15, 0.2) is 15.6 Å². The summed E-state index contributed by atoms with van der Waals surface area (Å²) in [5, 5.41) is 9.74. The van der Waals surface area contributed by atoms with Crippen LogP contribution in [0.25, 0.3) is 0 Å². The van der Waals surface area contributed by atoms with Gasteiger partial charge in [0.05, 0.1) is 11.0 Å². The van der Waals surface area contributed by atoms with Crippen molar-refractivity contribution in [1.29, 1.82) is 0 Å². The Balaban J connectivity index is 2.48. The highest BCUT2D eigenvalue weighted by atomic mass is 32.2. The highest BCUT2D eigenvalue weighted by Crippen LogP contribution is 2.12. The first-order valence-corrected chi connectivity index (χ1v) is 8.73. The number of benzene rings is 1. The van der Waals surface area contributed by atoms with E-state index in [1.54, 1.807) is 18.2 Å². The van der Waals surface area contributed by atoms with Crippen molar-refractivity contribution in [2.24, 2.45) is 0 Å². The quantitative estimate of drug-likeness (QED) is 0.711. The molecule has 21 heavy (non-hydrogen) atoms. The van der Waals surface area contributed by atoms with E-state index in [1.165, 1.54) is 12.1 Å². The minimum absolute atomic E-state index is 0.119. The predicted octanol–water partition coefficient (Wildman–Crippen LogP) is 2.53. The van der Waals surface area contributed by atoms with Gasteiger partial charge in [-0.15, -0.1) is 0 Å². The Morgan fingerprint density at radius 2 is 1.90 bits per heavy atom. The molecule has 1 aromatic carbocycles. The van der Waals surface area contributed by atoms with Crippen LogP contribution in [0, 0.1) is 0 Å². The molecule has 0 aliphatic rings. The summed E-state index contributed by atoms with van der Waals surface area (Å²) in [6, 6.07) is 7.89. The van der Waals surface area contributed by atoms with Crippen molar-refractivity contribution in [2.75, 3.05) is 5.75 Å². The molecule has 0 aliphatic heterocycles. The molecule has 1 atom stereocenters. The first-order valence-electron chi connectivity index (χ1n) is 7.08. The largest absolute Gasteiger partial charge is 0.393 e. The van der Waals surface area contributed by atoms with E-state index in [0.717, 1.165) is 6.42 Å². The van der Waals surface area contributed by atoms with Crippen LogP contribution in [-0.4, -0.2) is 31.2 Å². The second-order valence-corrected chi connectivity index (χ2v) is 6.92. The number of carbonyl (C=O) groups excluding carboxylic acids is 1. The zero-order valence-electron chi connectivity index (χ0n) is 12.2. The molecule has 0 radical (unpaired) electrons. The predicted molar refractivity (Wildman–Crippen MR) is 82.8 cm³/mol. The van der Waals surface area contributed by atoms with E-state index < -0.39 is 27.5 Å². The summed E-state index contributed by atoms with van der Waals surface area (Å²) in [6.45, 7) is 2.02. The lowest BCUT2D eigenvalue weighted by Crippen LogP contribution is -2.21. The van der Waals surface area contributed by atoms with Crippen molar-refractivity contribution in [3.8, 4) is 0 Å². The van der Waals surface area contributed by atoms with Crippen LogP contribution < -0.4 is 0 Å². The second-order valence-electron chi connectivity index (χ2n) is 4.93. The number of aliphatic hydroxyl groups is 1. The maximum atomic E-state index is 12.0. The lowest BCUT2D eigenvalue weighted by atomic mass is 10.1. The first-order chi connectivity index (χ1) is 9.95. The van der Waals surface area contributed by atoms with Gasteiger partial charge in [-0.1, -0.05) is 37.3 Å². The van der Waals surface area contributed by atoms with Gasteiger partial charge in [-0.25, -0.2) is 8.42 Å². The van der Waals surface area contributed by atoms with Crippen molar-refractivity contribution in [3.63, 3.8) is 0 Å². The normalized spacial score (nSPS) is 13.4. The van der Waals surface area contributed by atoms with Gasteiger partial charge in [0.25, 0.3) is 0 Å². The number of Topliss-reactive ketones (excluding diaryl/α,β-unsaturated/α-hetero) is 1. The fourth-order valence-corrected chi connectivity index (χ4v) is 3.20. The minimum atomic E-state index is -3.61. The molecule has 116 valence electrons. The summed E-state index contributed by atoms with van der Waals surface area (Å²) in [5.41, 5.74) is 0. The van der Waals surface area contributed by atoms with Gasteiger partial charge < -0.3 is 5.11 Å². The molecule has 1 unspecified atom stereocenters. The fourth-order valence-electron chi connectivity index (χ4n) is 1.92. The average molecular weight is 310 g/mol. The topological polar surface area (TPSA) is 71.4 Å². The van der Waals surface area contributed by atoms with Gasteiger partial charge in [-0.2, -0.15) is 0 Å². The molecule has 0 saturated heterocycles. The third-order valence-electron chi connectivity index (χ3n) is 2.99. The summed E-state index contributed by atoms with van der Waals surface area (Å²) in [6.07, 6.45) is 5.13. The van der Waals surface area contributed by atoms with Crippen LogP contribution in [0.4, 0.5) is 0 Å². The molecule has 0 spiro atoms. The van der Waals surface area contributed by atoms with Crippen LogP contribution in [0.2, 0.25) is 0 Å². The molecular weight excluding hydrogens is 288 g/mol. The molecule has 4 nitrogen and oxygen atoms in total. The van der Waals surface area contributed by atoms with E-state index in [0.29, 0.717) is 12.8 Å². The molecule has 0 saturated carbocycles. The van der Waals surface area contributed by atoms with Gasteiger partial charge >= 0.3 is 0 Å². The zero-order valence-corrected chi connectivity index (χ0v) is 13.1. The SMILES string of the molecule is CC/C=C\CCC(O)CC(=O)CS(=O)(=O)c1ccccc1. The molecule has 0 aromatic heterocycles. The summed E-state index contributed by atoms with van der Waals surface area (Å²) < 4.78 is 24.0. The number of sulfone groups is 1. The third-order valence-corrected chi connectivity index (χ3v) is 4.68. The van der Waals surface area contributed by atoms with E-state index in [2.05, 4.69) is 0 Å². The average Bonchev–Trinajstić information content (AvgIpc) is 2.44. The zero-order chi connectivity index (χ0) is 15.7. The molecule has 0 aliphatic carbocycles. The van der Waals surface area contributed by atoms with E-state index in [4.69, 9.17) is 0 Å². The molecule has 0 bridgehead atoms. The van der Waals surface area contributed by atoms with Gasteiger partial charge in [-0.3, -0.25) is 4.79 Å². The molecule has 0 amide bonds. The molecule has 1 aromatic rings. The molecule has 5 heteroatoms. The summed E-state index contributed by atoms with van der Waals surface area (Å²) in [7, 11) is -3.61. The van der Waals surface area contributed by atoms with Crippen LogP contribution >= 0.6 is 0 Å². The lowest BCUT2D eigenvalue weighted by molar-refractivity contribution is -0.118. The van der Waals surface area contributed by atoms with E-state index in [-0.39, 0.29) is 11.3 Å². The molecule has 0 heterocycles. The Morgan fingerprint density at radius 1 is 1.24 bits per heavy atom. The molecule has 1 rings (SSSR count). The number of allylic oxidation sites excluding steroid dienone is 2. The number of aliphatic hydroxyl groups excluding tert-OH is 1. The lowest BCUT2D eigenvalue weighted by Gasteiger charge is -2.09. The molecule has 1 N–H and O–H groups in total. The number of hydrogen-bond donors (Lipinski definition) is 1.